The molecule has 34 heavy (non-hydrogen) atoms. The number of carboxylic acid groups (broad SMARTS) is 1. The first-order valence-electron chi connectivity index (χ1n) is 12.3. The van der Waals surface area contributed by atoms with E-state index in [1.807, 2.05) is 49.6 Å². The van der Waals surface area contributed by atoms with Gasteiger partial charge in [-0.25, -0.2) is 4.79 Å². The summed E-state index contributed by atoms with van der Waals surface area (Å²) >= 11 is 1.56. The molecule has 0 unspecified atom stereocenters. The number of hydrogen-bond acceptors (Lipinski definition) is 4. The van der Waals surface area contributed by atoms with Crippen LogP contribution in [0.1, 0.15) is 66.4 Å². The number of carbonyl (C=O) groups is 2. The van der Waals surface area contributed by atoms with Gasteiger partial charge in [0.25, 0.3) is 5.91 Å². The molecule has 0 radical (unpaired) electrons. The number of amides is 1. The second-order valence-electron chi connectivity index (χ2n) is 9.19. The zero-order valence-corrected chi connectivity index (χ0v) is 21.2. The Morgan fingerprint density at radius 3 is 2.59 bits per heavy atom. The lowest BCUT2D eigenvalue weighted by molar-refractivity contribution is -0.139. The molecule has 0 aromatic heterocycles. The molecule has 0 bridgehead atoms. The zero-order valence-electron chi connectivity index (χ0n) is 20.3. The summed E-state index contributed by atoms with van der Waals surface area (Å²) in [6.45, 7) is 3.27. The van der Waals surface area contributed by atoms with Gasteiger partial charge in [0.2, 0.25) is 0 Å². The van der Waals surface area contributed by atoms with E-state index >= 15 is 0 Å². The molecule has 0 spiro atoms. The van der Waals surface area contributed by atoms with E-state index in [1.54, 1.807) is 17.8 Å². The Morgan fingerprint density at radius 2 is 1.88 bits per heavy atom. The van der Waals surface area contributed by atoms with E-state index in [4.69, 9.17) is 4.74 Å². The highest BCUT2D eigenvalue weighted by atomic mass is 32.2. The molecule has 2 aromatic carbocycles. The van der Waals surface area contributed by atoms with E-state index in [-0.39, 0.29) is 5.91 Å². The number of nitrogens with one attached hydrogen (secondary N) is 1. The van der Waals surface area contributed by atoms with Crippen LogP contribution in [0.25, 0.3) is 11.1 Å². The molecule has 1 fully saturated rings. The topological polar surface area (TPSA) is 75.6 Å². The average molecular weight is 484 g/mol. The number of rotatable bonds is 12. The van der Waals surface area contributed by atoms with Gasteiger partial charge in [0, 0.05) is 12.2 Å². The Balaban J connectivity index is 1.75. The molecule has 1 atom stereocenters. The minimum absolute atomic E-state index is 0.364. The number of hydrogen-bond donors (Lipinski definition) is 2. The summed E-state index contributed by atoms with van der Waals surface area (Å²) < 4.78 is 6.00. The van der Waals surface area contributed by atoms with Gasteiger partial charge < -0.3 is 15.2 Å². The van der Waals surface area contributed by atoms with Crippen molar-refractivity contribution in [3.63, 3.8) is 0 Å². The van der Waals surface area contributed by atoms with Gasteiger partial charge in [0.1, 0.15) is 6.04 Å². The molecular weight excluding hydrogens is 446 g/mol. The Labute approximate surface area is 207 Å². The second kappa shape index (κ2) is 13.5. The minimum atomic E-state index is -1.01. The van der Waals surface area contributed by atoms with Gasteiger partial charge in [-0.3, -0.25) is 4.79 Å². The Bertz CT molecular complexity index is 955. The Hall–Kier alpha value is -2.31. The van der Waals surface area contributed by atoms with Crippen molar-refractivity contribution in [2.24, 2.45) is 5.92 Å². The van der Waals surface area contributed by atoms with Crippen LogP contribution >= 0.6 is 11.8 Å². The van der Waals surface area contributed by atoms with Gasteiger partial charge in [-0.2, -0.15) is 11.8 Å². The van der Waals surface area contributed by atoms with Crippen molar-refractivity contribution in [1.82, 2.24) is 5.32 Å². The fraction of sp³-hybridized carbons (Fsp3) is 0.500. The van der Waals surface area contributed by atoms with Crippen molar-refractivity contribution in [3.8, 4) is 11.1 Å². The summed E-state index contributed by atoms with van der Waals surface area (Å²) in [6, 6.07) is 12.7. The van der Waals surface area contributed by atoms with Gasteiger partial charge in [-0.15, -0.1) is 0 Å². The lowest BCUT2D eigenvalue weighted by Gasteiger charge is -2.21. The molecule has 2 N–H and O–H groups in total. The predicted octanol–water partition coefficient (Wildman–Crippen LogP) is 6.09. The zero-order chi connectivity index (χ0) is 24.3. The number of carbonyl (C=O) groups excluding carboxylic acids is 1. The van der Waals surface area contributed by atoms with Crippen LogP contribution in [0.2, 0.25) is 0 Å². The number of ether oxygens (including phenoxy) is 1. The smallest absolute Gasteiger partial charge is 0.326 e. The molecule has 0 saturated heterocycles. The molecule has 184 valence electrons. The monoisotopic (exact) mass is 483 g/mol. The van der Waals surface area contributed by atoms with Gasteiger partial charge in [-0.1, -0.05) is 62.4 Å². The molecule has 1 amide bonds. The van der Waals surface area contributed by atoms with Crippen LogP contribution < -0.4 is 5.32 Å². The Morgan fingerprint density at radius 1 is 1.12 bits per heavy atom. The molecule has 1 aliphatic carbocycles. The predicted molar refractivity (Wildman–Crippen MR) is 139 cm³/mol. The molecular formula is C28H37NO4S. The van der Waals surface area contributed by atoms with Crippen molar-refractivity contribution in [2.45, 2.75) is 64.5 Å². The van der Waals surface area contributed by atoms with Crippen LogP contribution in [-0.2, 0) is 16.1 Å². The van der Waals surface area contributed by atoms with Crippen LogP contribution in [0.15, 0.2) is 42.5 Å². The number of carboxylic acids is 1. The number of thioether (sulfide) groups is 1. The van der Waals surface area contributed by atoms with Gasteiger partial charge in [0.15, 0.2) is 0 Å². The molecule has 1 aliphatic rings. The summed E-state index contributed by atoms with van der Waals surface area (Å²) in [6.07, 6.45) is 10.1. The molecule has 3 rings (SSSR count). The maximum absolute atomic E-state index is 13.2. The maximum atomic E-state index is 13.2. The van der Waals surface area contributed by atoms with Gasteiger partial charge in [0.05, 0.1) is 6.61 Å². The molecule has 0 aliphatic heterocycles. The maximum Gasteiger partial charge on any atom is 0.326 e. The molecule has 5 nitrogen and oxygen atoms in total. The third kappa shape index (κ3) is 7.60. The highest BCUT2D eigenvalue weighted by Gasteiger charge is 2.23. The number of benzene rings is 2. The average Bonchev–Trinajstić information content (AvgIpc) is 2.85. The first-order chi connectivity index (χ1) is 16.5. The summed E-state index contributed by atoms with van der Waals surface area (Å²) in [4.78, 5) is 24.8. The largest absolute Gasteiger partial charge is 0.480 e. The lowest BCUT2D eigenvalue weighted by atomic mass is 9.87. The quantitative estimate of drug-likeness (QED) is 0.358. The van der Waals surface area contributed by atoms with Crippen LogP contribution in [0.3, 0.4) is 0 Å². The van der Waals surface area contributed by atoms with Crippen LogP contribution in [0.5, 0.6) is 0 Å². The normalized spacial score (nSPS) is 15.1. The van der Waals surface area contributed by atoms with Gasteiger partial charge in [-0.05, 0) is 72.1 Å². The van der Waals surface area contributed by atoms with Crippen molar-refractivity contribution in [2.75, 3.05) is 18.6 Å². The van der Waals surface area contributed by atoms with E-state index < -0.39 is 12.0 Å². The lowest BCUT2D eigenvalue weighted by Crippen LogP contribution is -2.41. The molecule has 2 aromatic rings. The standard InChI is InChI=1S/C28H37NO4S/c1-20-8-6-7-11-23(20)25-18-22(19-33-16-14-21-9-4-3-5-10-21)12-13-24(25)27(30)29-26(28(31)32)15-17-34-2/h6-8,11-13,18,21,26H,3-5,9-10,14-17,19H2,1-2H3,(H,29,30)(H,31,32)/t26-/m0/s1. The summed E-state index contributed by atoms with van der Waals surface area (Å²) in [7, 11) is 0. The van der Waals surface area contributed by atoms with E-state index in [1.165, 1.54) is 32.1 Å². The summed E-state index contributed by atoms with van der Waals surface area (Å²) in [5.41, 5.74) is 4.32. The fourth-order valence-electron chi connectivity index (χ4n) is 4.62. The molecule has 0 heterocycles. The summed E-state index contributed by atoms with van der Waals surface area (Å²) in [5.74, 6) is 0.0777. The van der Waals surface area contributed by atoms with E-state index in [0.29, 0.717) is 24.3 Å². The first kappa shape index (κ1) is 26.3. The SMILES string of the molecule is CSCC[C@H](NC(=O)c1ccc(COCCC2CCCCC2)cc1-c1ccccc1C)C(=O)O. The van der Waals surface area contributed by atoms with Crippen molar-refractivity contribution < 1.29 is 19.4 Å². The third-order valence-electron chi connectivity index (χ3n) is 6.64. The molecule has 1 saturated carbocycles. The third-order valence-corrected chi connectivity index (χ3v) is 7.29. The summed E-state index contributed by atoms with van der Waals surface area (Å²) in [5, 5.41) is 12.3. The van der Waals surface area contributed by atoms with Crippen molar-refractivity contribution in [1.29, 1.82) is 0 Å². The van der Waals surface area contributed by atoms with E-state index in [2.05, 4.69) is 5.32 Å². The van der Waals surface area contributed by atoms with Crippen molar-refractivity contribution in [3.05, 3.63) is 59.2 Å². The second-order valence-corrected chi connectivity index (χ2v) is 10.2. The number of aryl methyl sites for hydroxylation is 1. The first-order valence-corrected chi connectivity index (χ1v) is 13.7. The van der Waals surface area contributed by atoms with Crippen LogP contribution in [0, 0.1) is 12.8 Å². The van der Waals surface area contributed by atoms with Gasteiger partial charge >= 0.3 is 5.97 Å². The minimum Gasteiger partial charge on any atom is -0.480 e. The Kier molecular flexibility index (Phi) is 10.5. The highest BCUT2D eigenvalue weighted by molar-refractivity contribution is 7.98. The molecule has 6 heteroatoms. The van der Waals surface area contributed by atoms with Crippen LogP contribution in [-0.4, -0.2) is 41.6 Å². The highest BCUT2D eigenvalue weighted by Crippen LogP contribution is 2.29. The number of aliphatic carboxylic acids is 1. The van der Waals surface area contributed by atoms with E-state index in [0.717, 1.165) is 41.2 Å². The fourth-order valence-corrected chi connectivity index (χ4v) is 5.09. The van der Waals surface area contributed by atoms with E-state index in [9.17, 15) is 14.7 Å². The van der Waals surface area contributed by atoms with Crippen LogP contribution in [0.4, 0.5) is 0 Å². The van der Waals surface area contributed by atoms with Crippen molar-refractivity contribution >= 4 is 23.6 Å².